The van der Waals surface area contributed by atoms with Crippen molar-refractivity contribution in [2.24, 2.45) is 0 Å². The monoisotopic (exact) mass is 191 g/mol. The van der Waals surface area contributed by atoms with Crippen molar-refractivity contribution in [3.63, 3.8) is 0 Å². The number of hydrogen-bond acceptors (Lipinski definition) is 1. The fourth-order valence-electron chi connectivity index (χ4n) is 0.397. The minimum Gasteiger partial charge on any atom is -0.398 e. The molecule has 1 aromatic rings. The van der Waals surface area contributed by atoms with E-state index in [0.29, 0.717) is 0 Å². The Bertz CT molecular complexity index is 384. The van der Waals surface area contributed by atoms with Crippen molar-refractivity contribution in [2.45, 2.75) is 6.85 Å². The standard InChI is InChI=1S/C7H8BrN/c1-5-2-3-6(8)4-7(5)9/h2-4H,9H2,1H3/i1D3,2D,3D,4D. The molecular formula is C7H8BrN. The fraction of sp³-hybridized carbons (Fsp3) is 0.143. The van der Waals surface area contributed by atoms with Gasteiger partial charge in [-0.2, -0.15) is 0 Å². The lowest BCUT2D eigenvalue weighted by molar-refractivity contribution is 1.46. The quantitative estimate of drug-likeness (QED) is 0.627. The Morgan fingerprint density at radius 1 is 1.78 bits per heavy atom. The highest BCUT2D eigenvalue weighted by molar-refractivity contribution is 9.10. The zero-order chi connectivity index (χ0) is 12.0. The van der Waals surface area contributed by atoms with Crippen molar-refractivity contribution >= 4 is 21.6 Å². The molecule has 0 aromatic heterocycles. The van der Waals surface area contributed by atoms with E-state index >= 15 is 0 Å². The molecule has 0 fully saturated rings. The molecule has 2 heteroatoms. The van der Waals surface area contributed by atoms with Gasteiger partial charge < -0.3 is 5.73 Å². The van der Waals surface area contributed by atoms with Crippen molar-refractivity contribution in [1.29, 1.82) is 0 Å². The van der Waals surface area contributed by atoms with Gasteiger partial charge in [-0.15, -0.1) is 0 Å². The fourth-order valence-corrected chi connectivity index (χ4v) is 0.709. The minimum atomic E-state index is -2.58. The Labute approximate surface area is 71.4 Å². The van der Waals surface area contributed by atoms with E-state index in [1.807, 2.05) is 0 Å². The van der Waals surface area contributed by atoms with Crippen LogP contribution in [0.4, 0.5) is 5.69 Å². The first-order valence-electron chi connectivity index (χ1n) is 5.23. The van der Waals surface area contributed by atoms with Gasteiger partial charge in [0, 0.05) is 14.3 Å². The molecular weight excluding hydrogens is 178 g/mol. The lowest BCUT2D eigenvalue weighted by Crippen LogP contribution is -1.87. The van der Waals surface area contributed by atoms with Crippen molar-refractivity contribution in [2.75, 3.05) is 5.73 Å². The molecule has 0 amide bonds. The van der Waals surface area contributed by atoms with Crippen LogP contribution >= 0.6 is 15.9 Å². The second kappa shape index (κ2) is 2.40. The first-order chi connectivity index (χ1) is 6.68. The van der Waals surface area contributed by atoms with Gasteiger partial charge in [0.25, 0.3) is 0 Å². The van der Waals surface area contributed by atoms with Gasteiger partial charge >= 0.3 is 0 Å². The predicted octanol–water partition coefficient (Wildman–Crippen LogP) is 2.34. The van der Waals surface area contributed by atoms with Crippen LogP contribution in [0, 0.1) is 6.85 Å². The van der Waals surface area contributed by atoms with Gasteiger partial charge in [0.05, 0.1) is 4.11 Å². The molecule has 0 aliphatic heterocycles. The number of benzene rings is 1. The van der Waals surface area contributed by atoms with Crippen molar-refractivity contribution < 1.29 is 8.22 Å². The Kier molecular flexibility index (Phi) is 0.605. The van der Waals surface area contributed by atoms with Crippen molar-refractivity contribution in [1.82, 2.24) is 0 Å². The number of anilines is 1. The van der Waals surface area contributed by atoms with Crippen LogP contribution in [0.15, 0.2) is 22.6 Å². The maximum atomic E-state index is 7.49. The molecule has 9 heavy (non-hydrogen) atoms. The van der Waals surface area contributed by atoms with Gasteiger partial charge in [-0.3, -0.25) is 0 Å². The maximum Gasteiger partial charge on any atom is 0.0657 e. The van der Waals surface area contributed by atoms with Crippen LogP contribution in [0.3, 0.4) is 0 Å². The first kappa shape index (κ1) is 2.27. The van der Waals surface area contributed by atoms with E-state index in [1.54, 1.807) is 0 Å². The molecule has 0 spiro atoms. The summed E-state index contributed by atoms with van der Waals surface area (Å²) >= 11 is 2.92. The average Bonchev–Trinajstić information content (AvgIpc) is 2.09. The van der Waals surface area contributed by atoms with E-state index in [0.717, 1.165) is 0 Å². The normalized spacial score (nSPS) is 20.6. The number of hydrogen-bond donors (Lipinski definition) is 1. The van der Waals surface area contributed by atoms with E-state index in [9.17, 15) is 0 Å². The first-order valence-corrected chi connectivity index (χ1v) is 3.02. The SMILES string of the molecule is [2H]c1c([2H])c(C([2H])([2H])[2H])c(N)c([2H])c1Br. The van der Waals surface area contributed by atoms with Gasteiger partial charge in [-0.05, 0) is 24.5 Å². The number of nitrogens with two attached hydrogens (primary N) is 1. The molecule has 0 heterocycles. The van der Waals surface area contributed by atoms with E-state index in [2.05, 4.69) is 15.9 Å². The van der Waals surface area contributed by atoms with Gasteiger partial charge in [0.15, 0.2) is 0 Å². The van der Waals surface area contributed by atoms with Gasteiger partial charge in [-0.1, -0.05) is 22.0 Å². The molecule has 0 aliphatic rings. The van der Waals surface area contributed by atoms with E-state index in [-0.39, 0.29) is 22.2 Å². The molecule has 0 bridgehead atoms. The third-order valence-corrected chi connectivity index (χ3v) is 1.21. The molecule has 0 saturated carbocycles. The second-order valence-electron chi connectivity index (χ2n) is 1.48. The molecule has 0 unspecified atom stereocenters. The summed E-state index contributed by atoms with van der Waals surface area (Å²) in [6.07, 6.45) is 0. The highest BCUT2D eigenvalue weighted by Crippen LogP contribution is 2.16. The summed E-state index contributed by atoms with van der Waals surface area (Å²) in [6, 6.07) is -1.06. The topological polar surface area (TPSA) is 26.0 Å². The maximum absolute atomic E-state index is 7.49. The third kappa shape index (κ3) is 1.45. The molecule has 1 aromatic carbocycles. The Balaban J connectivity index is 3.68. The summed E-state index contributed by atoms with van der Waals surface area (Å²) in [7, 11) is 0. The predicted molar refractivity (Wildman–Crippen MR) is 43.3 cm³/mol. The van der Waals surface area contributed by atoms with Crippen molar-refractivity contribution in [3.05, 3.63) is 28.2 Å². The molecule has 1 rings (SSSR count). The Morgan fingerprint density at radius 2 is 2.56 bits per heavy atom. The van der Waals surface area contributed by atoms with Crippen LogP contribution in [0.1, 0.15) is 13.8 Å². The summed E-state index contributed by atoms with van der Waals surface area (Å²) in [4.78, 5) is 0. The van der Waals surface area contributed by atoms with Crippen LogP contribution in [-0.2, 0) is 0 Å². The number of nitrogen functional groups attached to an aromatic ring is 1. The number of halogens is 1. The van der Waals surface area contributed by atoms with E-state index < -0.39 is 18.5 Å². The summed E-state index contributed by atoms with van der Waals surface area (Å²) in [5.41, 5.74) is 4.75. The molecule has 0 saturated heterocycles. The highest BCUT2D eigenvalue weighted by atomic mass is 79.9. The summed E-state index contributed by atoms with van der Waals surface area (Å²) in [5.74, 6) is 0. The highest BCUT2D eigenvalue weighted by Gasteiger charge is 1.90. The van der Waals surface area contributed by atoms with Crippen LogP contribution in [0.2, 0.25) is 0 Å². The van der Waals surface area contributed by atoms with Gasteiger partial charge in [0.1, 0.15) is 0 Å². The van der Waals surface area contributed by atoms with E-state index in [4.69, 9.17) is 14.0 Å². The summed E-state index contributed by atoms with van der Waals surface area (Å²) in [6.45, 7) is -2.58. The lowest BCUT2D eigenvalue weighted by Gasteiger charge is -1.97. The zero-order valence-electron chi connectivity index (χ0n) is 10.5. The Morgan fingerprint density at radius 3 is 3.22 bits per heavy atom. The molecule has 0 aliphatic carbocycles. The molecule has 1 nitrogen and oxygen atoms in total. The summed E-state index contributed by atoms with van der Waals surface area (Å²) in [5, 5.41) is 0. The van der Waals surface area contributed by atoms with Crippen LogP contribution in [-0.4, -0.2) is 0 Å². The molecule has 2 N–H and O–H groups in total. The van der Waals surface area contributed by atoms with Crippen LogP contribution in [0.5, 0.6) is 0 Å². The van der Waals surface area contributed by atoms with Gasteiger partial charge in [-0.25, -0.2) is 0 Å². The minimum absolute atomic E-state index is 0.0398. The zero-order valence-corrected chi connectivity index (χ0v) is 6.04. The van der Waals surface area contributed by atoms with Crippen molar-refractivity contribution in [3.8, 4) is 0 Å². The average molecular weight is 192 g/mol. The third-order valence-electron chi connectivity index (χ3n) is 0.811. The van der Waals surface area contributed by atoms with E-state index in [1.165, 1.54) is 0 Å². The summed E-state index contributed by atoms with van der Waals surface area (Å²) < 4.78 is 44.0. The molecule has 0 radical (unpaired) electrons. The van der Waals surface area contributed by atoms with Crippen LogP contribution in [0.25, 0.3) is 0 Å². The largest absolute Gasteiger partial charge is 0.398 e. The molecule has 48 valence electrons. The lowest BCUT2D eigenvalue weighted by atomic mass is 10.2. The smallest absolute Gasteiger partial charge is 0.0657 e. The van der Waals surface area contributed by atoms with Gasteiger partial charge in [0.2, 0.25) is 0 Å². The second-order valence-corrected chi connectivity index (χ2v) is 2.27. The Hall–Kier alpha value is -0.500. The number of rotatable bonds is 0. The molecule has 0 atom stereocenters. The van der Waals surface area contributed by atoms with Crippen LogP contribution < -0.4 is 5.73 Å².